The molecule has 2 N–H and O–H groups in total. The Balaban J connectivity index is 1.41. The van der Waals surface area contributed by atoms with Gasteiger partial charge in [0.2, 0.25) is 5.91 Å². The first-order valence-electron chi connectivity index (χ1n) is 10.7. The molecule has 0 aromatic carbocycles. The summed E-state index contributed by atoms with van der Waals surface area (Å²) in [5, 5.41) is 9.88. The number of nitrogens with zero attached hydrogens (tertiary/aromatic N) is 2. The minimum atomic E-state index is -0.146. The number of ether oxygens (including phenoxy) is 1. The largest absolute Gasteiger partial charge is 0.376 e. The van der Waals surface area contributed by atoms with Gasteiger partial charge in [0.1, 0.15) is 0 Å². The lowest BCUT2D eigenvalue weighted by Gasteiger charge is -2.37. The van der Waals surface area contributed by atoms with Crippen molar-refractivity contribution in [3.63, 3.8) is 0 Å². The molecule has 2 amide bonds. The second-order valence-corrected chi connectivity index (χ2v) is 8.92. The van der Waals surface area contributed by atoms with Gasteiger partial charge in [0.05, 0.1) is 23.9 Å². The number of hydrogen-bond donors (Lipinski definition) is 2. The topological polar surface area (TPSA) is 87.3 Å². The second kappa shape index (κ2) is 7.85. The molecule has 3 fully saturated rings. The van der Waals surface area contributed by atoms with Crippen molar-refractivity contribution in [3.05, 3.63) is 17.5 Å². The average Bonchev–Trinajstić information content (AvgIpc) is 3.09. The summed E-state index contributed by atoms with van der Waals surface area (Å²) in [5.41, 5.74) is 1.75. The van der Waals surface area contributed by atoms with Crippen LogP contribution < -0.4 is 5.32 Å². The molecular weight excluding hydrogens is 356 g/mol. The van der Waals surface area contributed by atoms with Gasteiger partial charge in [-0.1, -0.05) is 6.92 Å². The molecule has 0 bridgehead atoms. The minimum absolute atomic E-state index is 0.0221. The summed E-state index contributed by atoms with van der Waals surface area (Å²) in [7, 11) is 0. The standard InChI is InChI=1S/C21H32N4O3/c1-3-10-28-18-5-4-15(20(27)25-9-8-21(13-25)6-7-21)11-17(18)23-19(26)16-12-22-24-14(16)2/h12,15,17-18H,3-11,13H2,1-2H3,(H,22,24)(H,23,26)/t15-,17+,18+/m0/s1. The monoisotopic (exact) mass is 388 g/mol. The van der Waals surface area contributed by atoms with Crippen LogP contribution in [0.3, 0.4) is 0 Å². The van der Waals surface area contributed by atoms with Crippen LogP contribution in [0.1, 0.15) is 67.9 Å². The van der Waals surface area contributed by atoms with Gasteiger partial charge >= 0.3 is 0 Å². The number of aromatic amines is 1. The Hall–Kier alpha value is -1.89. The predicted octanol–water partition coefficient (Wildman–Crippen LogP) is 2.42. The third-order valence-electron chi connectivity index (χ3n) is 6.77. The lowest BCUT2D eigenvalue weighted by Crippen LogP contribution is -2.51. The first-order chi connectivity index (χ1) is 13.5. The number of carbonyl (C=O) groups excluding carboxylic acids is 2. The Morgan fingerprint density at radius 1 is 1.36 bits per heavy atom. The zero-order valence-corrected chi connectivity index (χ0v) is 17.0. The number of amides is 2. The fourth-order valence-electron chi connectivity index (χ4n) is 4.78. The molecule has 1 aromatic rings. The van der Waals surface area contributed by atoms with Crippen molar-refractivity contribution in [2.75, 3.05) is 19.7 Å². The van der Waals surface area contributed by atoms with Crippen LogP contribution in [0.5, 0.6) is 0 Å². The summed E-state index contributed by atoms with van der Waals surface area (Å²) in [6, 6.07) is -0.145. The third-order valence-corrected chi connectivity index (χ3v) is 6.77. The van der Waals surface area contributed by atoms with E-state index in [1.165, 1.54) is 12.8 Å². The second-order valence-electron chi connectivity index (χ2n) is 8.92. The number of carbonyl (C=O) groups is 2. The number of aryl methyl sites for hydroxylation is 1. The maximum atomic E-state index is 13.1. The van der Waals surface area contributed by atoms with Crippen LogP contribution in [-0.2, 0) is 9.53 Å². The van der Waals surface area contributed by atoms with E-state index in [2.05, 4.69) is 27.3 Å². The molecule has 3 atom stereocenters. The molecule has 3 aliphatic rings. The van der Waals surface area contributed by atoms with Gasteiger partial charge in [0.15, 0.2) is 0 Å². The van der Waals surface area contributed by atoms with E-state index in [0.29, 0.717) is 24.0 Å². The van der Waals surface area contributed by atoms with Crippen molar-refractivity contribution >= 4 is 11.8 Å². The van der Waals surface area contributed by atoms with Crippen molar-refractivity contribution < 1.29 is 14.3 Å². The van der Waals surface area contributed by atoms with Crippen LogP contribution >= 0.6 is 0 Å². The van der Waals surface area contributed by atoms with Crippen LogP contribution in [0.4, 0.5) is 0 Å². The maximum absolute atomic E-state index is 13.1. The Morgan fingerprint density at radius 3 is 2.82 bits per heavy atom. The van der Waals surface area contributed by atoms with E-state index in [1.807, 2.05) is 6.92 Å². The van der Waals surface area contributed by atoms with E-state index in [1.54, 1.807) is 6.20 Å². The van der Waals surface area contributed by atoms with Crippen LogP contribution in [0.2, 0.25) is 0 Å². The molecule has 154 valence electrons. The van der Waals surface area contributed by atoms with Crippen LogP contribution in [-0.4, -0.2) is 58.8 Å². The SMILES string of the molecule is CCCO[C@@H]1CC[C@H](C(=O)N2CCC3(CC3)C2)C[C@H]1NC(=O)c1cn[nH]c1C. The number of H-pyrrole nitrogens is 1. The van der Waals surface area contributed by atoms with Gasteiger partial charge < -0.3 is 15.0 Å². The Bertz CT molecular complexity index is 727. The summed E-state index contributed by atoms with van der Waals surface area (Å²) in [5.74, 6) is 0.107. The Morgan fingerprint density at radius 2 is 2.18 bits per heavy atom. The summed E-state index contributed by atoms with van der Waals surface area (Å²) in [6.07, 6.45) is 8.47. The van der Waals surface area contributed by atoms with Gasteiger partial charge in [-0.15, -0.1) is 0 Å². The molecule has 0 radical (unpaired) electrons. The van der Waals surface area contributed by atoms with Gasteiger partial charge in [0.25, 0.3) is 5.91 Å². The molecule has 7 nitrogen and oxygen atoms in total. The molecule has 4 rings (SSSR count). The van der Waals surface area contributed by atoms with Gasteiger partial charge in [-0.25, -0.2) is 0 Å². The Kier molecular flexibility index (Phi) is 5.45. The highest BCUT2D eigenvalue weighted by Gasteiger charge is 2.50. The zero-order valence-electron chi connectivity index (χ0n) is 17.0. The van der Waals surface area contributed by atoms with Crippen LogP contribution in [0, 0.1) is 18.3 Å². The zero-order chi connectivity index (χ0) is 19.7. The molecule has 0 unspecified atom stereocenters. The van der Waals surface area contributed by atoms with E-state index in [-0.39, 0.29) is 29.9 Å². The quantitative estimate of drug-likeness (QED) is 0.783. The summed E-state index contributed by atoms with van der Waals surface area (Å²) >= 11 is 0. The fraction of sp³-hybridized carbons (Fsp3) is 0.762. The van der Waals surface area contributed by atoms with E-state index in [9.17, 15) is 9.59 Å². The molecule has 2 aliphatic carbocycles. The number of nitrogens with one attached hydrogen (secondary N) is 2. The van der Waals surface area contributed by atoms with Crippen molar-refractivity contribution in [3.8, 4) is 0 Å². The van der Waals surface area contributed by atoms with Crippen LogP contribution in [0.25, 0.3) is 0 Å². The molecule has 2 saturated carbocycles. The first-order valence-corrected chi connectivity index (χ1v) is 10.7. The van der Waals surface area contributed by atoms with Crippen molar-refractivity contribution in [1.29, 1.82) is 0 Å². The molecule has 2 heterocycles. The predicted molar refractivity (Wildman–Crippen MR) is 105 cm³/mol. The van der Waals surface area contributed by atoms with Crippen molar-refractivity contribution in [2.45, 2.75) is 70.9 Å². The summed E-state index contributed by atoms with van der Waals surface area (Å²) in [4.78, 5) is 27.9. The van der Waals surface area contributed by atoms with Gasteiger partial charge in [-0.05, 0) is 57.3 Å². The van der Waals surface area contributed by atoms with E-state index in [4.69, 9.17) is 4.74 Å². The van der Waals surface area contributed by atoms with E-state index in [0.717, 1.165) is 44.5 Å². The Labute approximate surface area is 166 Å². The highest BCUT2D eigenvalue weighted by molar-refractivity contribution is 5.95. The highest BCUT2D eigenvalue weighted by Crippen LogP contribution is 2.53. The number of likely N-dealkylation sites (tertiary alicyclic amines) is 1. The minimum Gasteiger partial charge on any atom is -0.376 e. The first kappa shape index (κ1) is 19.4. The summed E-state index contributed by atoms with van der Waals surface area (Å²) < 4.78 is 6.03. The fourth-order valence-corrected chi connectivity index (χ4v) is 4.78. The number of aromatic nitrogens is 2. The smallest absolute Gasteiger partial charge is 0.255 e. The maximum Gasteiger partial charge on any atom is 0.255 e. The molecule has 1 spiro atoms. The van der Waals surface area contributed by atoms with Crippen molar-refractivity contribution in [1.82, 2.24) is 20.4 Å². The lowest BCUT2D eigenvalue weighted by atomic mass is 9.82. The summed E-state index contributed by atoms with van der Waals surface area (Å²) in [6.45, 7) is 6.43. The molecule has 1 aliphatic heterocycles. The number of rotatable bonds is 6. The number of hydrogen-bond acceptors (Lipinski definition) is 4. The molecule has 1 aromatic heterocycles. The normalized spacial score (nSPS) is 28.5. The molecule has 1 saturated heterocycles. The van der Waals surface area contributed by atoms with E-state index >= 15 is 0 Å². The van der Waals surface area contributed by atoms with Gasteiger partial charge in [-0.3, -0.25) is 14.7 Å². The third kappa shape index (κ3) is 3.95. The van der Waals surface area contributed by atoms with Crippen LogP contribution in [0.15, 0.2) is 6.20 Å². The molecule has 7 heteroatoms. The average molecular weight is 389 g/mol. The molecule has 28 heavy (non-hydrogen) atoms. The highest BCUT2D eigenvalue weighted by atomic mass is 16.5. The molecular formula is C21H32N4O3. The van der Waals surface area contributed by atoms with Gasteiger partial charge in [-0.2, -0.15) is 5.10 Å². The van der Waals surface area contributed by atoms with E-state index < -0.39 is 0 Å². The lowest BCUT2D eigenvalue weighted by molar-refractivity contribution is -0.137. The van der Waals surface area contributed by atoms with Gasteiger partial charge in [0, 0.05) is 31.3 Å². The van der Waals surface area contributed by atoms with Crippen molar-refractivity contribution in [2.24, 2.45) is 11.3 Å².